The fraction of sp³-hybridized carbons (Fsp3) is 0.0204. The molecule has 0 fully saturated rings. The second-order valence-corrected chi connectivity index (χ2v) is 14.5. The molecule has 0 amide bonds. The van der Waals surface area contributed by atoms with Crippen LogP contribution in [0.25, 0.3) is 69.9 Å². The molecule has 0 aliphatic rings. The fourth-order valence-corrected chi connectivity index (χ4v) is 9.14. The number of nitrogens with zero attached hydrogens (tertiary/aromatic N) is 2. The second kappa shape index (κ2) is 12.4. The minimum absolute atomic E-state index is 1.12. The van der Waals surface area contributed by atoms with Gasteiger partial charge in [-0.05, 0) is 95.9 Å². The van der Waals surface area contributed by atoms with Crippen molar-refractivity contribution in [3.63, 3.8) is 0 Å². The van der Waals surface area contributed by atoms with Gasteiger partial charge >= 0.3 is 0 Å². The highest BCUT2D eigenvalue weighted by molar-refractivity contribution is 7.26. The molecule has 0 aliphatic carbocycles. The molecule has 0 bridgehead atoms. The lowest BCUT2D eigenvalue weighted by Crippen LogP contribution is -2.10. The molecule has 0 aliphatic heterocycles. The van der Waals surface area contributed by atoms with Gasteiger partial charge < -0.3 is 9.47 Å². The van der Waals surface area contributed by atoms with Crippen molar-refractivity contribution >= 4 is 70.4 Å². The van der Waals surface area contributed by atoms with Crippen molar-refractivity contribution in [1.29, 1.82) is 0 Å². The van der Waals surface area contributed by atoms with Crippen molar-refractivity contribution in [2.24, 2.45) is 0 Å². The van der Waals surface area contributed by atoms with Crippen molar-refractivity contribution in [3.05, 3.63) is 194 Å². The van der Waals surface area contributed by atoms with Crippen LogP contribution >= 0.6 is 11.3 Å². The van der Waals surface area contributed by atoms with Crippen LogP contribution in [0.3, 0.4) is 0 Å². The Bertz CT molecular complexity index is 2890. The minimum atomic E-state index is 1.12. The number of anilines is 3. The van der Waals surface area contributed by atoms with E-state index >= 15 is 0 Å². The summed E-state index contributed by atoms with van der Waals surface area (Å²) in [4.78, 5) is 2.38. The summed E-state index contributed by atoms with van der Waals surface area (Å²) in [7, 11) is 0. The first kappa shape index (κ1) is 30.4. The van der Waals surface area contributed by atoms with E-state index in [4.69, 9.17) is 0 Å². The highest BCUT2D eigenvalue weighted by Gasteiger charge is 2.22. The third kappa shape index (κ3) is 5.01. The van der Waals surface area contributed by atoms with Gasteiger partial charge in [-0.25, -0.2) is 0 Å². The molecule has 10 rings (SSSR count). The van der Waals surface area contributed by atoms with E-state index in [1.165, 1.54) is 75.5 Å². The molecule has 52 heavy (non-hydrogen) atoms. The molecule has 2 aromatic heterocycles. The zero-order valence-electron chi connectivity index (χ0n) is 28.7. The second-order valence-electron chi connectivity index (χ2n) is 13.5. The smallest absolute Gasteiger partial charge is 0.0634 e. The van der Waals surface area contributed by atoms with Crippen molar-refractivity contribution in [2.75, 3.05) is 4.90 Å². The minimum Gasteiger partial charge on any atom is -0.310 e. The summed E-state index contributed by atoms with van der Waals surface area (Å²) in [5.41, 5.74) is 13.2. The van der Waals surface area contributed by atoms with Gasteiger partial charge in [-0.15, -0.1) is 11.3 Å². The summed E-state index contributed by atoms with van der Waals surface area (Å²) in [6.45, 7) is 2.22. The summed E-state index contributed by atoms with van der Waals surface area (Å²) < 4.78 is 5.07. The number of fused-ring (bicyclic) bond motifs is 7. The predicted molar refractivity (Wildman–Crippen MR) is 224 cm³/mol. The number of aryl methyl sites for hydroxylation is 1. The van der Waals surface area contributed by atoms with Crippen LogP contribution in [-0.4, -0.2) is 4.57 Å². The standard InChI is InChI=1S/C49H34N2S/c1-33-29-36(31-40(30-33)50(37-17-7-3-8-18-37)39-27-25-35(26-28-39)34-15-5-2-6-16-34)43-32-44-41-21-11-13-23-45(41)51(38-19-9-4-10-20-38)48(44)47-42-22-12-14-24-46(42)52-49(43)47/h2-32H,1H3. The first-order chi connectivity index (χ1) is 25.7. The van der Waals surface area contributed by atoms with Crippen molar-refractivity contribution < 1.29 is 0 Å². The molecule has 2 nitrogen and oxygen atoms in total. The molecule has 0 N–H and O–H groups in total. The van der Waals surface area contributed by atoms with Gasteiger partial charge in [-0.1, -0.05) is 121 Å². The number of aromatic nitrogens is 1. The topological polar surface area (TPSA) is 8.17 Å². The zero-order valence-corrected chi connectivity index (χ0v) is 29.5. The fourth-order valence-electron chi connectivity index (χ4n) is 7.90. The van der Waals surface area contributed by atoms with Crippen molar-refractivity contribution in [2.45, 2.75) is 6.92 Å². The molecule has 246 valence electrons. The highest BCUT2D eigenvalue weighted by atomic mass is 32.1. The van der Waals surface area contributed by atoms with E-state index in [-0.39, 0.29) is 0 Å². The highest BCUT2D eigenvalue weighted by Crippen LogP contribution is 2.48. The summed E-state index contributed by atoms with van der Waals surface area (Å²) in [6.07, 6.45) is 0. The van der Waals surface area contributed by atoms with Gasteiger partial charge in [-0.3, -0.25) is 0 Å². The van der Waals surface area contributed by atoms with E-state index in [1.807, 2.05) is 11.3 Å². The molecule has 0 unspecified atom stereocenters. The molecule has 0 atom stereocenters. The first-order valence-corrected chi connectivity index (χ1v) is 18.6. The van der Waals surface area contributed by atoms with Crippen LogP contribution < -0.4 is 4.90 Å². The molecule has 2 heterocycles. The van der Waals surface area contributed by atoms with E-state index in [0.29, 0.717) is 0 Å². The zero-order chi connectivity index (χ0) is 34.6. The van der Waals surface area contributed by atoms with Gasteiger partial charge in [0.25, 0.3) is 0 Å². The Kier molecular flexibility index (Phi) is 7.26. The monoisotopic (exact) mass is 682 g/mol. The average molecular weight is 683 g/mol. The van der Waals surface area contributed by atoms with Crippen molar-refractivity contribution in [1.82, 2.24) is 4.57 Å². The van der Waals surface area contributed by atoms with E-state index in [1.54, 1.807) is 0 Å². The largest absolute Gasteiger partial charge is 0.310 e. The number of benzene rings is 8. The molecule has 10 aromatic rings. The maximum Gasteiger partial charge on any atom is 0.0634 e. The maximum absolute atomic E-state index is 2.47. The Hall–Kier alpha value is -6.42. The molecule has 8 aromatic carbocycles. The Morgan fingerprint density at radius 2 is 1.08 bits per heavy atom. The van der Waals surface area contributed by atoms with Crippen LogP contribution in [0.4, 0.5) is 17.1 Å². The Balaban J connectivity index is 1.23. The summed E-state index contributed by atoms with van der Waals surface area (Å²) in [5, 5.41) is 5.14. The first-order valence-electron chi connectivity index (χ1n) is 17.8. The maximum atomic E-state index is 2.47. The van der Waals surface area contributed by atoms with E-state index in [9.17, 15) is 0 Å². The normalized spacial score (nSPS) is 11.6. The molecular formula is C49H34N2S. The van der Waals surface area contributed by atoms with Gasteiger partial charge in [0.05, 0.1) is 11.0 Å². The van der Waals surface area contributed by atoms with Gasteiger partial charge in [0.15, 0.2) is 0 Å². The SMILES string of the molecule is Cc1cc(-c2cc3c4ccccc4n(-c4ccccc4)c3c3c2sc2ccccc23)cc(N(c2ccccc2)c2ccc(-c3ccccc3)cc2)c1. The number of rotatable bonds is 6. The summed E-state index contributed by atoms with van der Waals surface area (Å²) in [5.74, 6) is 0. The summed E-state index contributed by atoms with van der Waals surface area (Å²) >= 11 is 1.90. The molecule has 0 radical (unpaired) electrons. The van der Waals surface area contributed by atoms with Crippen LogP contribution in [0.2, 0.25) is 0 Å². The van der Waals surface area contributed by atoms with Gasteiger partial charge in [0.2, 0.25) is 0 Å². The number of thiophene rings is 1. The molecule has 0 saturated carbocycles. The Morgan fingerprint density at radius 1 is 0.462 bits per heavy atom. The van der Waals surface area contributed by atoms with Crippen LogP contribution in [0, 0.1) is 6.92 Å². The number of para-hydroxylation sites is 3. The van der Waals surface area contributed by atoms with E-state index in [0.717, 1.165) is 17.1 Å². The Labute approximate surface area is 307 Å². The lowest BCUT2D eigenvalue weighted by molar-refractivity contribution is 1.19. The third-order valence-electron chi connectivity index (χ3n) is 10.2. The van der Waals surface area contributed by atoms with Gasteiger partial charge in [0, 0.05) is 59.3 Å². The van der Waals surface area contributed by atoms with Gasteiger partial charge in [0.1, 0.15) is 0 Å². The van der Waals surface area contributed by atoms with Gasteiger partial charge in [-0.2, -0.15) is 0 Å². The summed E-state index contributed by atoms with van der Waals surface area (Å²) in [6, 6.07) is 68.3. The lowest BCUT2D eigenvalue weighted by Gasteiger charge is -2.27. The third-order valence-corrected chi connectivity index (χ3v) is 11.4. The lowest BCUT2D eigenvalue weighted by atomic mass is 9.96. The van der Waals surface area contributed by atoms with Crippen LogP contribution in [-0.2, 0) is 0 Å². The van der Waals surface area contributed by atoms with Crippen LogP contribution in [0.15, 0.2) is 188 Å². The van der Waals surface area contributed by atoms with Crippen LogP contribution in [0.5, 0.6) is 0 Å². The van der Waals surface area contributed by atoms with Crippen LogP contribution in [0.1, 0.15) is 5.56 Å². The molecule has 3 heteroatoms. The van der Waals surface area contributed by atoms with E-state index in [2.05, 4.69) is 204 Å². The number of hydrogen-bond donors (Lipinski definition) is 0. The Morgan fingerprint density at radius 3 is 1.85 bits per heavy atom. The molecule has 0 saturated heterocycles. The average Bonchev–Trinajstić information content (AvgIpc) is 3.75. The predicted octanol–water partition coefficient (Wildman–Crippen LogP) is 14.3. The molecular weight excluding hydrogens is 649 g/mol. The van der Waals surface area contributed by atoms with E-state index < -0.39 is 0 Å². The molecule has 0 spiro atoms. The number of hydrogen-bond acceptors (Lipinski definition) is 2. The van der Waals surface area contributed by atoms with Crippen molar-refractivity contribution in [3.8, 4) is 27.9 Å². The quantitative estimate of drug-likeness (QED) is 0.169.